The molecule has 0 aromatic carbocycles. The molecule has 3 rings (SSSR count). The third-order valence-electron chi connectivity index (χ3n) is 3.95. The fourth-order valence-corrected chi connectivity index (χ4v) is 2.89. The molecule has 0 bridgehead atoms. The third-order valence-corrected chi connectivity index (χ3v) is 3.95. The maximum absolute atomic E-state index is 5.75. The first-order valence-electron chi connectivity index (χ1n) is 7.05. The van der Waals surface area contributed by atoms with E-state index >= 15 is 0 Å². The molecule has 0 amide bonds. The molecule has 1 aliphatic carbocycles. The fourth-order valence-electron chi connectivity index (χ4n) is 2.89. The summed E-state index contributed by atoms with van der Waals surface area (Å²) in [5, 5.41) is 3.42. The summed E-state index contributed by atoms with van der Waals surface area (Å²) in [7, 11) is 0. The topological polar surface area (TPSA) is 47.0 Å². The van der Waals surface area contributed by atoms with Gasteiger partial charge in [-0.1, -0.05) is 0 Å². The van der Waals surface area contributed by atoms with E-state index in [0.717, 1.165) is 25.1 Å². The van der Waals surface area contributed by atoms with Crippen molar-refractivity contribution in [1.29, 1.82) is 0 Å². The lowest BCUT2D eigenvalue weighted by molar-refractivity contribution is 0.255. The van der Waals surface area contributed by atoms with Crippen LogP contribution < -0.4 is 10.1 Å². The molecule has 0 unspecified atom stereocenters. The highest BCUT2D eigenvalue weighted by molar-refractivity contribution is 5.28. The molecular weight excluding hydrogens is 226 g/mol. The lowest BCUT2D eigenvalue weighted by Crippen LogP contribution is -2.28. The summed E-state index contributed by atoms with van der Waals surface area (Å²) in [5.41, 5.74) is 3.67. The lowest BCUT2D eigenvalue weighted by Gasteiger charge is -2.18. The second kappa shape index (κ2) is 5.22. The number of rotatable bonds is 3. The summed E-state index contributed by atoms with van der Waals surface area (Å²) in [4.78, 5) is 9.06. The summed E-state index contributed by atoms with van der Waals surface area (Å²) in [5.74, 6) is 0. The van der Waals surface area contributed by atoms with Gasteiger partial charge < -0.3 is 10.1 Å². The van der Waals surface area contributed by atoms with Gasteiger partial charge in [0.1, 0.15) is 6.61 Å². The van der Waals surface area contributed by atoms with Crippen LogP contribution in [0.25, 0.3) is 0 Å². The second-order valence-electron chi connectivity index (χ2n) is 5.33. The van der Waals surface area contributed by atoms with E-state index < -0.39 is 0 Å². The number of hydrogen-bond donors (Lipinski definition) is 1. The molecule has 1 aromatic rings. The van der Waals surface area contributed by atoms with Crippen molar-refractivity contribution in [3.05, 3.63) is 17.0 Å². The Hall–Kier alpha value is -1.16. The van der Waals surface area contributed by atoms with Crippen molar-refractivity contribution in [3.63, 3.8) is 0 Å². The van der Waals surface area contributed by atoms with Gasteiger partial charge in [0, 0.05) is 11.7 Å². The fraction of sp³-hybridized carbons (Fsp3) is 0.714. The molecule has 1 fully saturated rings. The molecule has 4 heteroatoms. The Morgan fingerprint density at radius 3 is 2.94 bits per heavy atom. The molecule has 1 atom stereocenters. The number of nitrogens with zero attached hydrogens (tertiary/aromatic N) is 2. The summed E-state index contributed by atoms with van der Waals surface area (Å²) in [6, 6.07) is 1.05. The van der Waals surface area contributed by atoms with Crippen molar-refractivity contribution in [2.75, 3.05) is 13.2 Å². The standard InChI is InChI=1S/C14H21N3O/c1-10-12-6-2-3-7-13(12)17-14(16-10)18-9-11-5-4-8-15-11/h11,15H,2-9H2,1H3/t11-/m0/s1. The van der Waals surface area contributed by atoms with Gasteiger partial charge >= 0.3 is 6.01 Å². The van der Waals surface area contributed by atoms with E-state index in [1.54, 1.807) is 0 Å². The largest absolute Gasteiger partial charge is 0.462 e. The molecule has 1 aromatic heterocycles. The number of ether oxygens (including phenoxy) is 1. The highest BCUT2D eigenvalue weighted by Gasteiger charge is 2.18. The minimum Gasteiger partial charge on any atom is -0.462 e. The van der Waals surface area contributed by atoms with Crippen molar-refractivity contribution in [1.82, 2.24) is 15.3 Å². The van der Waals surface area contributed by atoms with Crippen molar-refractivity contribution >= 4 is 0 Å². The van der Waals surface area contributed by atoms with E-state index in [1.165, 1.54) is 36.9 Å². The number of nitrogens with one attached hydrogen (secondary N) is 1. The zero-order valence-electron chi connectivity index (χ0n) is 11.0. The Balaban J connectivity index is 1.70. The van der Waals surface area contributed by atoms with E-state index in [4.69, 9.17) is 4.74 Å². The Morgan fingerprint density at radius 2 is 2.11 bits per heavy atom. The smallest absolute Gasteiger partial charge is 0.316 e. The zero-order chi connectivity index (χ0) is 12.4. The van der Waals surface area contributed by atoms with Gasteiger partial charge in [0.2, 0.25) is 0 Å². The second-order valence-corrected chi connectivity index (χ2v) is 5.33. The zero-order valence-corrected chi connectivity index (χ0v) is 11.0. The Morgan fingerprint density at radius 1 is 1.22 bits per heavy atom. The number of hydrogen-bond acceptors (Lipinski definition) is 4. The summed E-state index contributed by atoms with van der Waals surface area (Å²) in [6.45, 7) is 3.88. The molecule has 4 nitrogen and oxygen atoms in total. The third kappa shape index (κ3) is 2.48. The maximum atomic E-state index is 5.75. The first kappa shape index (κ1) is 11.9. The molecule has 98 valence electrons. The molecular formula is C14H21N3O. The highest BCUT2D eigenvalue weighted by Crippen LogP contribution is 2.23. The van der Waals surface area contributed by atoms with Crippen LogP contribution in [-0.2, 0) is 12.8 Å². The Labute approximate surface area is 108 Å². The maximum Gasteiger partial charge on any atom is 0.316 e. The number of fused-ring (bicyclic) bond motifs is 1. The Kier molecular flexibility index (Phi) is 3.46. The van der Waals surface area contributed by atoms with Crippen LogP contribution >= 0.6 is 0 Å². The molecule has 18 heavy (non-hydrogen) atoms. The van der Waals surface area contributed by atoms with Gasteiger partial charge in [0.25, 0.3) is 0 Å². The Bertz CT molecular complexity index is 427. The van der Waals surface area contributed by atoms with Gasteiger partial charge in [-0.25, -0.2) is 4.98 Å². The van der Waals surface area contributed by atoms with E-state index in [1.807, 2.05) is 0 Å². The van der Waals surface area contributed by atoms with Gasteiger partial charge in [0.15, 0.2) is 0 Å². The molecule has 2 aliphatic rings. The van der Waals surface area contributed by atoms with E-state index in [2.05, 4.69) is 22.2 Å². The van der Waals surface area contributed by atoms with Gasteiger partial charge in [-0.15, -0.1) is 0 Å². The first-order chi connectivity index (χ1) is 8.83. The molecule has 0 radical (unpaired) electrons. The van der Waals surface area contributed by atoms with Crippen LogP contribution in [0.4, 0.5) is 0 Å². The van der Waals surface area contributed by atoms with E-state index in [-0.39, 0.29) is 0 Å². The molecule has 0 saturated carbocycles. The molecule has 1 aliphatic heterocycles. The van der Waals surface area contributed by atoms with Crippen molar-refractivity contribution in [2.45, 2.75) is 51.5 Å². The lowest BCUT2D eigenvalue weighted by atomic mass is 9.95. The number of aryl methyl sites for hydroxylation is 2. The van der Waals surface area contributed by atoms with Gasteiger partial charge in [-0.3, -0.25) is 0 Å². The van der Waals surface area contributed by atoms with Gasteiger partial charge in [-0.2, -0.15) is 4.98 Å². The summed E-state index contributed by atoms with van der Waals surface area (Å²) < 4.78 is 5.75. The average Bonchev–Trinajstić information content (AvgIpc) is 2.90. The summed E-state index contributed by atoms with van der Waals surface area (Å²) >= 11 is 0. The predicted molar refractivity (Wildman–Crippen MR) is 69.9 cm³/mol. The van der Waals surface area contributed by atoms with Crippen LogP contribution in [0.1, 0.15) is 42.6 Å². The molecule has 1 N–H and O–H groups in total. The van der Waals surface area contributed by atoms with Gasteiger partial charge in [-0.05, 0) is 57.6 Å². The van der Waals surface area contributed by atoms with Crippen molar-refractivity contribution in [3.8, 4) is 6.01 Å². The van der Waals surface area contributed by atoms with E-state index in [0.29, 0.717) is 18.7 Å². The first-order valence-corrected chi connectivity index (χ1v) is 7.05. The van der Waals surface area contributed by atoms with Crippen LogP contribution in [0.5, 0.6) is 6.01 Å². The van der Waals surface area contributed by atoms with Crippen LogP contribution in [0.15, 0.2) is 0 Å². The highest BCUT2D eigenvalue weighted by atomic mass is 16.5. The molecule has 1 saturated heterocycles. The molecule has 0 spiro atoms. The predicted octanol–water partition coefficient (Wildman–Crippen LogP) is 1.79. The average molecular weight is 247 g/mol. The van der Waals surface area contributed by atoms with Crippen LogP contribution in [0.3, 0.4) is 0 Å². The minimum absolute atomic E-state index is 0.477. The van der Waals surface area contributed by atoms with Gasteiger partial charge in [0.05, 0.1) is 5.69 Å². The van der Waals surface area contributed by atoms with Crippen LogP contribution in [-0.4, -0.2) is 29.2 Å². The van der Waals surface area contributed by atoms with Crippen molar-refractivity contribution < 1.29 is 4.74 Å². The normalized spacial score (nSPS) is 22.8. The van der Waals surface area contributed by atoms with E-state index in [9.17, 15) is 0 Å². The van der Waals surface area contributed by atoms with Crippen molar-refractivity contribution in [2.24, 2.45) is 0 Å². The quantitative estimate of drug-likeness (QED) is 0.884. The minimum atomic E-state index is 0.477. The molecule has 2 heterocycles. The summed E-state index contributed by atoms with van der Waals surface area (Å²) in [6.07, 6.45) is 7.17. The monoisotopic (exact) mass is 247 g/mol. The number of aromatic nitrogens is 2. The van der Waals surface area contributed by atoms with Crippen LogP contribution in [0.2, 0.25) is 0 Å². The SMILES string of the molecule is Cc1nc(OC[C@@H]2CCCN2)nc2c1CCCC2. The van der Waals surface area contributed by atoms with Crippen LogP contribution in [0, 0.1) is 6.92 Å².